The molecule has 7 heteroatoms. The van der Waals surface area contributed by atoms with E-state index in [1.54, 1.807) is 30.5 Å². The van der Waals surface area contributed by atoms with Crippen molar-refractivity contribution in [3.05, 3.63) is 77.0 Å². The van der Waals surface area contributed by atoms with Crippen LogP contribution >= 0.6 is 23.8 Å². The van der Waals surface area contributed by atoms with Gasteiger partial charge >= 0.3 is 0 Å². The highest BCUT2D eigenvalue weighted by Crippen LogP contribution is 2.25. The molecular formula is C20H12ClN3O2S. The molecule has 0 spiro atoms. The number of hydrogen-bond acceptors (Lipinski definition) is 4. The van der Waals surface area contributed by atoms with Crippen molar-refractivity contribution >= 4 is 63.4 Å². The first-order valence-corrected chi connectivity index (χ1v) is 8.84. The highest BCUT2D eigenvalue weighted by Gasteiger charge is 2.34. The molecule has 27 heavy (non-hydrogen) atoms. The average Bonchev–Trinajstić information content (AvgIpc) is 2.66. The molecule has 0 unspecified atom stereocenters. The van der Waals surface area contributed by atoms with Gasteiger partial charge in [0, 0.05) is 22.2 Å². The molecule has 0 radical (unpaired) electrons. The van der Waals surface area contributed by atoms with Crippen LogP contribution < -0.4 is 10.2 Å². The van der Waals surface area contributed by atoms with Crippen LogP contribution in [0.1, 0.15) is 5.56 Å². The molecule has 1 aliphatic heterocycles. The second kappa shape index (κ2) is 6.90. The zero-order chi connectivity index (χ0) is 19.0. The molecule has 5 nitrogen and oxygen atoms in total. The number of carbonyl (C=O) groups is 2. The van der Waals surface area contributed by atoms with Crippen molar-refractivity contribution in [3.8, 4) is 0 Å². The molecule has 4 rings (SSSR count). The molecule has 1 saturated heterocycles. The lowest BCUT2D eigenvalue weighted by atomic mass is 10.0. The van der Waals surface area contributed by atoms with Crippen molar-refractivity contribution in [1.82, 2.24) is 10.3 Å². The topological polar surface area (TPSA) is 62.3 Å². The van der Waals surface area contributed by atoms with Crippen LogP contribution in [0, 0.1) is 0 Å². The normalized spacial score (nSPS) is 16.1. The van der Waals surface area contributed by atoms with Crippen molar-refractivity contribution in [2.75, 3.05) is 4.90 Å². The van der Waals surface area contributed by atoms with Crippen molar-refractivity contribution in [2.24, 2.45) is 0 Å². The van der Waals surface area contributed by atoms with Gasteiger partial charge in [-0.05, 0) is 48.6 Å². The summed E-state index contributed by atoms with van der Waals surface area (Å²) in [5, 5.41) is 4.05. The van der Waals surface area contributed by atoms with Gasteiger partial charge in [-0.25, -0.2) is 0 Å². The number of benzene rings is 2. The van der Waals surface area contributed by atoms with Crippen LogP contribution in [0.25, 0.3) is 17.0 Å². The Bertz CT molecular complexity index is 1120. The number of fused-ring (bicyclic) bond motifs is 1. The molecular weight excluding hydrogens is 382 g/mol. The van der Waals surface area contributed by atoms with Gasteiger partial charge in [0.25, 0.3) is 11.8 Å². The minimum absolute atomic E-state index is 0.0169. The third-order valence-corrected chi connectivity index (χ3v) is 4.69. The van der Waals surface area contributed by atoms with E-state index in [1.807, 2.05) is 30.3 Å². The van der Waals surface area contributed by atoms with Gasteiger partial charge < -0.3 is 0 Å². The number of hydrogen-bond donors (Lipinski definition) is 1. The molecule has 0 aliphatic carbocycles. The van der Waals surface area contributed by atoms with E-state index in [0.717, 1.165) is 5.39 Å². The molecule has 3 aromatic rings. The molecule has 2 amide bonds. The van der Waals surface area contributed by atoms with E-state index in [1.165, 1.54) is 11.0 Å². The average molecular weight is 394 g/mol. The van der Waals surface area contributed by atoms with Crippen LogP contribution in [0.2, 0.25) is 5.02 Å². The van der Waals surface area contributed by atoms with E-state index in [2.05, 4.69) is 10.3 Å². The summed E-state index contributed by atoms with van der Waals surface area (Å²) in [6.07, 6.45) is 3.21. The first-order chi connectivity index (χ1) is 13.0. The number of aromatic nitrogens is 1. The van der Waals surface area contributed by atoms with Gasteiger partial charge in [-0.3, -0.25) is 24.8 Å². The second-order valence-corrected chi connectivity index (χ2v) is 6.68. The van der Waals surface area contributed by atoms with Crippen LogP contribution in [0.15, 0.2) is 66.4 Å². The fourth-order valence-corrected chi connectivity index (χ4v) is 3.29. The van der Waals surface area contributed by atoms with E-state index < -0.39 is 11.8 Å². The van der Waals surface area contributed by atoms with Crippen LogP contribution in [-0.2, 0) is 9.59 Å². The predicted molar refractivity (Wildman–Crippen MR) is 109 cm³/mol. The molecule has 1 aliphatic rings. The van der Waals surface area contributed by atoms with Crippen LogP contribution in [0.4, 0.5) is 5.69 Å². The highest BCUT2D eigenvalue weighted by molar-refractivity contribution is 7.80. The first kappa shape index (κ1) is 17.3. The standard InChI is InChI=1S/C20H12ClN3O2S/c21-14-6-8-15(9-7-14)24-19(26)16(18(25)23-20(24)27)11-13-4-1-3-12-5-2-10-22-17(12)13/h1-11H,(H,23,25,27). The Morgan fingerprint density at radius 2 is 1.78 bits per heavy atom. The molecule has 1 aromatic heterocycles. The number of para-hydroxylation sites is 1. The maximum Gasteiger partial charge on any atom is 0.270 e. The largest absolute Gasteiger partial charge is 0.298 e. The van der Waals surface area contributed by atoms with Gasteiger partial charge in [0.15, 0.2) is 5.11 Å². The SMILES string of the molecule is O=C1NC(=S)N(c2ccc(Cl)cc2)C(=O)C1=Cc1cccc2cccnc12. The molecule has 1 fully saturated rings. The Balaban J connectivity index is 1.80. The smallest absolute Gasteiger partial charge is 0.270 e. The minimum atomic E-state index is -0.539. The van der Waals surface area contributed by atoms with Crippen molar-refractivity contribution in [2.45, 2.75) is 0 Å². The van der Waals surface area contributed by atoms with Crippen molar-refractivity contribution < 1.29 is 9.59 Å². The van der Waals surface area contributed by atoms with Gasteiger partial charge in [0.05, 0.1) is 11.2 Å². The molecule has 1 N–H and O–H groups in total. The zero-order valence-electron chi connectivity index (χ0n) is 13.8. The Labute approximate surface area is 165 Å². The Morgan fingerprint density at radius 3 is 2.56 bits per heavy atom. The first-order valence-electron chi connectivity index (χ1n) is 8.05. The number of nitrogens with zero attached hydrogens (tertiary/aromatic N) is 2. The van der Waals surface area contributed by atoms with Crippen molar-refractivity contribution in [1.29, 1.82) is 0 Å². The summed E-state index contributed by atoms with van der Waals surface area (Å²) < 4.78 is 0. The Hall–Kier alpha value is -3.09. The van der Waals surface area contributed by atoms with E-state index in [9.17, 15) is 9.59 Å². The summed E-state index contributed by atoms with van der Waals surface area (Å²) >= 11 is 11.1. The number of halogens is 1. The minimum Gasteiger partial charge on any atom is -0.298 e. The van der Waals surface area contributed by atoms with E-state index in [4.69, 9.17) is 23.8 Å². The summed E-state index contributed by atoms with van der Waals surface area (Å²) in [6, 6.07) is 16.0. The Morgan fingerprint density at radius 1 is 1.04 bits per heavy atom. The third kappa shape index (κ3) is 3.20. The zero-order valence-corrected chi connectivity index (χ0v) is 15.4. The number of thiocarbonyl (C=S) groups is 1. The molecule has 0 saturated carbocycles. The molecule has 132 valence electrons. The summed E-state index contributed by atoms with van der Waals surface area (Å²) in [6.45, 7) is 0. The number of carbonyl (C=O) groups excluding carboxylic acids is 2. The van der Waals surface area contributed by atoms with E-state index in [0.29, 0.717) is 21.8 Å². The predicted octanol–water partition coefficient (Wildman–Crippen LogP) is 3.72. The number of anilines is 1. The van der Waals surface area contributed by atoms with Crippen LogP contribution in [0.3, 0.4) is 0 Å². The number of pyridine rings is 1. The summed E-state index contributed by atoms with van der Waals surface area (Å²) in [4.78, 5) is 31.1. The summed E-state index contributed by atoms with van der Waals surface area (Å²) in [5.74, 6) is -1.04. The highest BCUT2D eigenvalue weighted by atomic mass is 35.5. The van der Waals surface area contributed by atoms with Gasteiger partial charge in [-0.15, -0.1) is 0 Å². The number of rotatable bonds is 2. The molecule has 0 bridgehead atoms. The summed E-state index contributed by atoms with van der Waals surface area (Å²) in [5.41, 5.74) is 1.89. The molecule has 0 atom stereocenters. The molecule has 2 heterocycles. The van der Waals surface area contributed by atoms with E-state index in [-0.39, 0.29) is 10.7 Å². The lowest BCUT2D eigenvalue weighted by Gasteiger charge is -2.29. The fraction of sp³-hybridized carbons (Fsp3) is 0. The third-order valence-electron chi connectivity index (χ3n) is 4.15. The van der Waals surface area contributed by atoms with Gasteiger partial charge in [-0.2, -0.15) is 0 Å². The number of amides is 2. The quantitative estimate of drug-likeness (QED) is 0.409. The Kier molecular flexibility index (Phi) is 4.43. The summed E-state index contributed by atoms with van der Waals surface area (Å²) in [7, 11) is 0. The fourth-order valence-electron chi connectivity index (χ4n) is 2.88. The van der Waals surface area contributed by atoms with Gasteiger partial charge in [0.2, 0.25) is 0 Å². The number of nitrogens with one attached hydrogen (secondary N) is 1. The van der Waals surface area contributed by atoms with Crippen LogP contribution in [0.5, 0.6) is 0 Å². The second-order valence-electron chi connectivity index (χ2n) is 5.86. The van der Waals surface area contributed by atoms with Crippen molar-refractivity contribution in [3.63, 3.8) is 0 Å². The lowest BCUT2D eigenvalue weighted by molar-refractivity contribution is -0.122. The lowest BCUT2D eigenvalue weighted by Crippen LogP contribution is -2.54. The maximum absolute atomic E-state index is 13.0. The monoisotopic (exact) mass is 393 g/mol. The van der Waals surface area contributed by atoms with Crippen LogP contribution in [-0.4, -0.2) is 21.9 Å². The van der Waals surface area contributed by atoms with Gasteiger partial charge in [-0.1, -0.05) is 35.9 Å². The molecule has 2 aromatic carbocycles. The van der Waals surface area contributed by atoms with Gasteiger partial charge in [0.1, 0.15) is 5.57 Å². The van der Waals surface area contributed by atoms with E-state index >= 15 is 0 Å². The maximum atomic E-state index is 13.0.